The minimum absolute atomic E-state index is 0.0404. The Bertz CT molecular complexity index is 1430. The van der Waals surface area contributed by atoms with Gasteiger partial charge in [-0.15, -0.1) is 0 Å². The topological polar surface area (TPSA) is 148 Å². The number of hydrogen-bond donors (Lipinski definition) is 1. The van der Waals surface area contributed by atoms with Crippen LogP contribution >= 0.6 is 11.6 Å². The molecule has 0 spiro atoms. The number of carbonyl (C=O) groups excluding carboxylic acids is 1. The Morgan fingerprint density at radius 1 is 1.06 bits per heavy atom. The molecule has 11 heteroatoms. The molecule has 0 saturated heterocycles. The quantitative estimate of drug-likeness (QED) is 0.181. The Hall–Kier alpha value is -4.75. The summed E-state index contributed by atoms with van der Waals surface area (Å²) in [4.78, 5) is 33.3. The number of nitrogens with one attached hydrogen (secondary N) is 1. The lowest BCUT2D eigenvalue weighted by Crippen LogP contribution is -2.14. The van der Waals surface area contributed by atoms with Crippen LogP contribution in [-0.4, -0.2) is 15.8 Å². The van der Waals surface area contributed by atoms with Crippen molar-refractivity contribution in [1.82, 2.24) is 0 Å². The molecule has 0 aliphatic heterocycles. The Kier molecular flexibility index (Phi) is 7.43. The lowest BCUT2D eigenvalue weighted by atomic mass is 10.1. The molecule has 0 bridgehead atoms. The second-order valence-corrected chi connectivity index (χ2v) is 7.74. The summed E-state index contributed by atoms with van der Waals surface area (Å²) in [7, 11) is 0. The zero-order chi connectivity index (χ0) is 25.7. The third-order valence-corrected chi connectivity index (χ3v) is 5.35. The summed E-state index contributed by atoms with van der Waals surface area (Å²) in [5.41, 5.74) is 1.63. The van der Waals surface area contributed by atoms with Crippen LogP contribution in [0.1, 0.15) is 16.7 Å². The van der Waals surface area contributed by atoms with Gasteiger partial charge in [0.05, 0.1) is 20.9 Å². The molecule has 0 aromatic heterocycles. The van der Waals surface area contributed by atoms with Crippen LogP contribution in [0.15, 0.2) is 60.2 Å². The maximum absolute atomic E-state index is 12.6. The van der Waals surface area contributed by atoms with Crippen LogP contribution in [0.5, 0.6) is 11.5 Å². The van der Waals surface area contributed by atoms with Gasteiger partial charge in [-0.3, -0.25) is 25.0 Å². The molecule has 176 valence electrons. The zero-order valence-electron chi connectivity index (χ0n) is 18.4. The van der Waals surface area contributed by atoms with Crippen molar-refractivity contribution in [3.63, 3.8) is 0 Å². The number of nitrogens with zero attached hydrogens (tertiary/aromatic N) is 3. The molecule has 1 N–H and O–H groups in total. The summed E-state index contributed by atoms with van der Waals surface area (Å²) >= 11 is 6.25. The molecule has 0 unspecified atom stereocenters. The molecule has 35 heavy (non-hydrogen) atoms. The monoisotopic (exact) mass is 492 g/mol. The summed E-state index contributed by atoms with van der Waals surface area (Å²) in [6, 6.07) is 14.6. The van der Waals surface area contributed by atoms with Crippen LogP contribution in [0.3, 0.4) is 0 Å². The fourth-order valence-electron chi connectivity index (χ4n) is 3.05. The molecular weight excluding hydrogens is 476 g/mol. The molecular formula is C24H17ClN4O6. The fraction of sp³-hybridized carbons (Fsp3) is 0.0833. The highest BCUT2D eigenvalue weighted by molar-refractivity contribution is 6.32. The standard InChI is InChI=1S/C24H17ClN4O6/c1-14-4-3-5-20(15(14)2)27-24(30)17(13-26)10-16-6-8-22(19(25)11-16)35-23-9-7-18(28(31)32)12-21(23)29(33)34/h3-12H,1-2H3,(H,27,30)/b17-10+. The van der Waals surface area contributed by atoms with E-state index in [-0.39, 0.29) is 22.1 Å². The van der Waals surface area contributed by atoms with Gasteiger partial charge in [0.25, 0.3) is 11.6 Å². The Labute approximate surface area is 204 Å². The molecule has 10 nitrogen and oxygen atoms in total. The number of nitriles is 1. The van der Waals surface area contributed by atoms with Crippen molar-refractivity contribution in [2.45, 2.75) is 13.8 Å². The Morgan fingerprint density at radius 2 is 1.77 bits per heavy atom. The van der Waals surface area contributed by atoms with E-state index in [4.69, 9.17) is 16.3 Å². The van der Waals surface area contributed by atoms with Crippen molar-refractivity contribution >= 4 is 40.6 Å². The third kappa shape index (κ3) is 5.79. The molecule has 3 rings (SSSR count). The van der Waals surface area contributed by atoms with E-state index in [1.807, 2.05) is 26.0 Å². The van der Waals surface area contributed by atoms with Crippen molar-refractivity contribution in [3.8, 4) is 17.6 Å². The molecule has 0 fully saturated rings. The normalized spacial score (nSPS) is 10.9. The number of aryl methyl sites for hydroxylation is 1. The van der Waals surface area contributed by atoms with Gasteiger partial charge in [0.2, 0.25) is 5.75 Å². The average molecular weight is 493 g/mol. The predicted octanol–water partition coefficient (Wildman–Crippen LogP) is 6.11. The van der Waals surface area contributed by atoms with Crippen LogP contribution in [0.25, 0.3) is 6.08 Å². The van der Waals surface area contributed by atoms with Crippen molar-refractivity contribution in [2.24, 2.45) is 0 Å². The maximum Gasteiger partial charge on any atom is 0.318 e. The van der Waals surface area contributed by atoms with Crippen molar-refractivity contribution in [3.05, 3.63) is 102 Å². The lowest BCUT2D eigenvalue weighted by Gasteiger charge is -2.10. The van der Waals surface area contributed by atoms with Gasteiger partial charge in [-0.05, 0) is 60.9 Å². The van der Waals surface area contributed by atoms with Crippen molar-refractivity contribution in [1.29, 1.82) is 5.26 Å². The van der Waals surface area contributed by atoms with Gasteiger partial charge < -0.3 is 10.1 Å². The van der Waals surface area contributed by atoms with Crippen LogP contribution in [0.4, 0.5) is 17.1 Å². The van der Waals surface area contributed by atoms with Gasteiger partial charge >= 0.3 is 5.69 Å². The molecule has 0 heterocycles. The number of rotatable bonds is 7. The number of non-ortho nitro benzene ring substituents is 1. The first kappa shape index (κ1) is 24.9. The molecule has 3 aromatic rings. The average Bonchev–Trinajstić information content (AvgIpc) is 2.81. The van der Waals surface area contributed by atoms with Crippen LogP contribution < -0.4 is 10.1 Å². The minimum Gasteiger partial charge on any atom is -0.449 e. The number of anilines is 1. The van der Waals surface area contributed by atoms with Gasteiger partial charge in [-0.1, -0.05) is 29.8 Å². The molecule has 0 saturated carbocycles. The van der Waals surface area contributed by atoms with Crippen molar-refractivity contribution < 1.29 is 19.4 Å². The Morgan fingerprint density at radius 3 is 2.40 bits per heavy atom. The number of halogens is 1. The van der Waals surface area contributed by atoms with Crippen molar-refractivity contribution in [2.75, 3.05) is 5.32 Å². The smallest absolute Gasteiger partial charge is 0.318 e. The summed E-state index contributed by atoms with van der Waals surface area (Å²) in [6.07, 6.45) is 1.34. The predicted molar refractivity (Wildman–Crippen MR) is 129 cm³/mol. The summed E-state index contributed by atoms with van der Waals surface area (Å²) in [6.45, 7) is 3.76. The second-order valence-electron chi connectivity index (χ2n) is 7.33. The highest BCUT2D eigenvalue weighted by Gasteiger charge is 2.22. The van der Waals surface area contributed by atoms with Gasteiger partial charge in [0, 0.05) is 11.8 Å². The Balaban J connectivity index is 1.85. The molecule has 0 aliphatic carbocycles. The number of hydrogen-bond acceptors (Lipinski definition) is 7. The van der Waals surface area contributed by atoms with E-state index in [2.05, 4.69) is 5.32 Å². The number of nitro benzene ring substituents is 2. The van der Waals surface area contributed by atoms with Crippen LogP contribution in [-0.2, 0) is 4.79 Å². The largest absolute Gasteiger partial charge is 0.449 e. The summed E-state index contributed by atoms with van der Waals surface area (Å²) in [5.74, 6) is -0.797. The lowest BCUT2D eigenvalue weighted by molar-refractivity contribution is -0.394. The second kappa shape index (κ2) is 10.5. The van der Waals surface area contributed by atoms with E-state index in [1.54, 1.807) is 12.1 Å². The van der Waals surface area contributed by atoms with Gasteiger partial charge in [-0.2, -0.15) is 5.26 Å². The molecule has 0 radical (unpaired) electrons. The van der Waals surface area contributed by atoms with E-state index in [0.29, 0.717) is 11.3 Å². The van der Waals surface area contributed by atoms with Gasteiger partial charge in [0.15, 0.2) is 0 Å². The SMILES string of the molecule is Cc1cccc(NC(=O)/C(C#N)=C/c2ccc(Oc3ccc([N+](=O)[O-])cc3[N+](=O)[O-])c(Cl)c2)c1C. The molecule has 0 atom stereocenters. The van der Waals surface area contributed by atoms with E-state index in [0.717, 1.165) is 29.3 Å². The van der Waals surface area contributed by atoms with Crippen LogP contribution in [0.2, 0.25) is 5.02 Å². The fourth-order valence-corrected chi connectivity index (χ4v) is 3.28. The van der Waals surface area contributed by atoms with E-state index in [1.165, 1.54) is 24.3 Å². The zero-order valence-corrected chi connectivity index (χ0v) is 19.2. The highest BCUT2D eigenvalue weighted by atomic mass is 35.5. The minimum atomic E-state index is -0.804. The van der Waals surface area contributed by atoms with E-state index >= 15 is 0 Å². The first-order valence-corrected chi connectivity index (χ1v) is 10.4. The molecule has 1 amide bonds. The van der Waals surface area contributed by atoms with E-state index < -0.39 is 27.1 Å². The van der Waals surface area contributed by atoms with Gasteiger partial charge in [0.1, 0.15) is 17.4 Å². The number of benzene rings is 3. The number of nitro groups is 2. The van der Waals surface area contributed by atoms with Crippen LogP contribution in [0, 0.1) is 45.4 Å². The first-order valence-electron chi connectivity index (χ1n) is 10.00. The number of carbonyl (C=O) groups is 1. The third-order valence-electron chi connectivity index (χ3n) is 5.05. The highest BCUT2D eigenvalue weighted by Crippen LogP contribution is 2.37. The molecule has 0 aliphatic rings. The summed E-state index contributed by atoms with van der Waals surface area (Å²) in [5, 5.41) is 34.4. The molecule has 3 aromatic carbocycles. The number of ether oxygens (including phenoxy) is 1. The van der Waals surface area contributed by atoms with E-state index in [9.17, 15) is 30.3 Å². The first-order chi connectivity index (χ1) is 16.6. The summed E-state index contributed by atoms with van der Waals surface area (Å²) < 4.78 is 5.51. The number of amides is 1. The van der Waals surface area contributed by atoms with Gasteiger partial charge in [-0.25, -0.2) is 0 Å². The maximum atomic E-state index is 12.6.